The number of hydrogen-bond donors (Lipinski definition) is 0. The van der Waals surface area contributed by atoms with Gasteiger partial charge in [0.15, 0.2) is 6.29 Å². The van der Waals surface area contributed by atoms with E-state index in [0.29, 0.717) is 32.5 Å². The molecule has 0 aromatic heterocycles. The molecule has 1 saturated heterocycles. The Morgan fingerprint density at radius 1 is 1.50 bits per heavy atom. The second-order valence-electron chi connectivity index (χ2n) is 3.09. The van der Waals surface area contributed by atoms with Gasteiger partial charge < -0.3 is 18.9 Å². The maximum Gasteiger partial charge on any atom is 0.155 e. The highest BCUT2D eigenvalue weighted by Crippen LogP contribution is 2.08. The zero-order valence-corrected chi connectivity index (χ0v) is 8.61. The SMILES string of the molecule is C=CCOC(C)OCCOCC1CO1. The molecule has 0 aromatic carbocycles. The van der Waals surface area contributed by atoms with Gasteiger partial charge in [-0.1, -0.05) is 6.08 Å². The van der Waals surface area contributed by atoms with Crippen LogP contribution in [0.4, 0.5) is 0 Å². The number of epoxide rings is 1. The molecule has 14 heavy (non-hydrogen) atoms. The van der Waals surface area contributed by atoms with Gasteiger partial charge in [0.2, 0.25) is 0 Å². The first-order chi connectivity index (χ1) is 6.83. The summed E-state index contributed by atoms with van der Waals surface area (Å²) in [5.74, 6) is 0. The van der Waals surface area contributed by atoms with Crippen molar-refractivity contribution in [2.45, 2.75) is 19.3 Å². The Hall–Kier alpha value is -0.420. The molecule has 82 valence electrons. The third-order valence-electron chi connectivity index (χ3n) is 1.74. The van der Waals surface area contributed by atoms with Crippen molar-refractivity contribution in [3.63, 3.8) is 0 Å². The predicted molar refractivity (Wildman–Crippen MR) is 52.1 cm³/mol. The van der Waals surface area contributed by atoms with E-state index in [4.69, 9.17) is 18.9 Å². The maximum atomic E-state index is 5.31. The van der Waals surface area contributed by atoms with Crippen molar-refractivity contribution in [3.8, 4) is 0 Å². The van der Waals surface area contributed by atoms with Gasteiger partial charge in [-0.05, 0) is 6.92 Å². The highest BCUT2D eigenvalue weighted by Gasteiger charge is 2.21. The summed E-state index contributed by atoms with van der Waals surface area (Å²) in [4.78, 5) is 0. The van der Waals surface area contributed by atoms with Gasteiger partial charge in [-0.2, -0.15) is 0 Å². The van der Waals surface area contributed by atoms with Gasteiger partial charge in [0.1, 0.15) is 6.10 Å². The fraction of sp³-hybridized carbons (Fsp3) is 0.800. The van der Waals surface area contributed by atoms with Gasteiger partial charge in [-0.3, -0.25) is 0 Å². The van der Waals surface area contributed by atoms with Gasteiger partial charge in [0, 0.05) is 0 Å². The molecule has 1 rings (SSSR count). The molecule has 2 unspecified atom stereocenters. The minimum absolute atomic E-state index is 0.200. The van der Waals surface area contributed by atoms with E-state index in [-0.39, 0.29) is 6.29 Å². The molecular formula is C10H18O4. The Labute approximate surface area is 84.8 Å². The average molecular weight is 202 g/mol. The highest BCUT2D eigenvalue weighted by atomic mass is 16.7. The third kappa shape index (κ3) is 6.10. The first kappa shape index (κ1) is 11.7. The topological polar surface area (TPSA) is 40.2 Å². The van der Waals surface area contributed by atoms with Gasteiger partial charge in [-0.25, -0.2) is 0 Å². The monoisotopic (exact) mass is 202 g/mol. The molecule has 0 bridgehead atoms. The number of hydrogen-bond acceptors (Lipinski definition) is 4. The van der Waals surface area contributed by atoms with Gasteiger partial charge in [-0.15, -0.1) is 6.58 Å². The normalized spacial score (nSPS) is 21.9. The van der Waals surface area contributed by atoms with Crippen molar-refractivity contribution in [1.29, 1.82) is 0 Å². The second kappa shape index (κ2) is 6.95. The van der Waals surface area contributed by atoms with Crippen molar-refractivity contribution in [1.82, 2.24) is 0 Å². The fourth-order valence-corrected chi connectivity index (χ4v) is 0.904. The van der Waals surface area contributed by atoms with Crippen LogP contribution >= 0.6 is 0 Å². The minimum atomic E-state index is -0.200. The predicted octanol–water partition coefficient (Wildman–Crippen LogP) is 0.967. The van der Waals surface area contributed by atoms with E-state index in [1.165, 1.54) is 0 Å². The van der Waals surface area contributed by atoms with Crippen LogP contribution in [0.1, 0.15) is 6.92 Å². The summed E-state index contributed by atoms with van der Waals surface area (Å²) in [5.41, 5.74) is 0. The second-order valence-corrected chi connectivity index (χ2v) is 3.09. The molecule has 0 spiro atoms. The zero-order chi connectivity index (χ0) is 10.2. The molecule has 4 heteroatoms. The lowest BCUT2D eigenvalue weighted by atomic mass is 10.5. The summed E-state index contributed by atoms with van der Waals surface area (Å²) >= 11 is 0. The van der Waals surface area contributed by atoms with Crippen molar-refractivity contribution in [2.75, 3.05) is 33.0 Å². The molecule has 1 heterocycles. The lowest BCUT2D eigenvalue weighted by Crippen LogP contribution is -2.17. The minimum Gasteiger partial charge on any atom is -0.376 e. The molecular weight excluding hydrogens is 184 g/mol. The first-order valence-corrected chi connectivity index (χ1v) is 4.86. The third-order valence-corrected chi connectivity index (χ3v) is 1.74. The molecule has 1 fully saturated rings. The molecule has 0 N–H and O–H groups in total. The van der Waals surface area contributed by atoms with Crippen molar-refractivity contribution in [2.24, 2.45) is 0 Å². The quantitative estimate of drug-likeness (QED) is 0.242. The summed E-state index contributed by atoms with van der Waals surface area (Å²) in [6.07, 6.45) is 1.82. The van der Waals surface area contributed by atoms with E-state index < -0.39 is 0 Å². The molecule has 2 atom stereocenters. The smallest absolute Gasteiger partial charge is 0.155 e. The van der Waals surface area contributed by atoms with E-state index in [9.17, 15) is 0 Å². The van der Waals surface area contributed by atoms with Crippen LogP contribution in [0, 0.1) is 0 Å². The number of ether oxygens (including phenoxy) is 4. The van der Waals surface area contributed by atoms with Crippen LogP contribution in [0.5, 0.6) is 0 Å². The molecule has 0 radical (unpaired) electrons. The lowest BCUT2D eigenvalue weighted by molar-refractivity contribution is -0.132. The molecule has 0 aliphatic carbocycles. The van der Waals surface area contributed by atoms with Crippen LogP contribution in [0.3, 0.4) is 0 Å². The number of rotatable bonds is 9. The molecule has 0 amide bonds. The summed E-state index contributed by atoms with van der Waals surface area (Å²) in [7, 11) is 0. The van der Waals surface area contributed by atoms with Crippen LogP contribution in [-0.2, 0) is 18.9 Å². The van der Waals surface area contributed by atoms with Crippen molar-refractivity contribution >= 4 is 0 Å². The Morgan fingerprint density at radius 2 is 2.29 bits per heavy atom. The van der Waals surface area contributed by atoms with Crippen LogP contribution < -0.4 is 0 Å². The van der Waals surface area contributed by atoms with Crippen LogP contribution in [-0.4, -0.2) is 45.4 Å². The highest BCUT2D eigenvalue weighted by molar-refractivity contribution is 4.67. The van der Waals surface area contributed by atoms with Gasteiger partial charge in [0.25, 0.3) is 0 Å². The Morgan fingerprint density at radius 3 is 2.93 bits per heavy atom. The average Bonchev–Trinajstić information content (AvgIpc) is 2.98. The van der Waals surface area contributed by atoms with Crippen LogP contribution in [0.2, 0.25) is 0 Å². The van der Waals surface area contributed by atoms with Gasteiger partial charge >= 0.3 is 0 Å². The van der Waals surface area contributed by atoms with Crippen molar-refractivity contribution < 1.29 is 18.9 Å². The van der Waals surface area contributed by atoms with Gasteiger partial charge in [0.05, 0.1) is 33.0 Å². The summed E-state index contributed by atoms with van der Waals surface area (Å²) in [5, 5.41) is 0. The molecule has 0 aromatic rings. The Kier molecular flexibility index (Phi) is 5.78. The molecule has 1 aliphatic heterocycles. The summed E-state index contributed by atoms with van der Waals surface area (Å²) in [6.45, 7) is 8.55. The van der Waals surface area contributed by atoms with E-state index in [0.717, 1.165) is 6.61 Å². The standard InChI is InChI=1S/C10H18O4/c1-3-4-12-9(2)13-6-5-11-7-10-8-14-10/h3,9-10H,1,4-8H2,2H3. The van der Waals surface area contributed by atoms with Crippen molar-refractivity contribution in [3.05, 3.63) is 12.7 Å². The Bertz CT molecular complexity index is 156. The van der Waals surface area contributed by atoms with E-state index in [2.05, 4.69) is 6.58 Å². The summed E-state index contributed by atoms with van der Waals surface area (Å²) < 4.78 is 20.8. The van der Waals surface area contributed by atoms with E-state index >= 15 is 0 Å². The molecule has 0 saturated carbocycles. The molecule has 1 aliphatic rings. The Balaban J connectivity index is 1.79. The molecule has 4 nitrogen and oxygen atoms in total. The van der Waals surface area contributed by atoms with E-state index in [1.807, 2.05) is 6.92 Å². The zero-order valence-electron chi connectivity index (χ0n) is 8.61. The van der Waals surface area contributed by atoms with Crippen LogP contribution in [0.25, 0.3) is 0 Å². The lowest BCUT2D eigenvalue weighted by Gasteiger charge is -2.12. The van der Waals surface area contributed by atoms with E-state index in [1.54, 1.807) is 6.08 Å². The largest absolute Gasteiger partial charge is 0.376 e. The van der Waals surface area contributed by atoms with Crippen LogP contribution in [0.15, 0.2) is 12.7 Å². The maximum absolute atomic E-state index is 5.31. The summed E-state index contributed by atoms with van der Waals surface area (Å²) in [6, 6.07) is 0. The first-order valence-electron chi connectivity index (χ1n) is 4.86. The fourth-order valence-electron chi connectivity index (χ4n) is 0.904.